The summed E-state index contributed by atoms with van der Waals surface area (Å²) in [5, 5.41) is 0. The molecule has 0 N–H and O–H groups in total. The Balaban J connectivity index is 1.51. The van der Waals surface area contributed by atoms with Crippen molar-refractivity contribution in [1.29, 1.82) is 0 Å². The predicted molar refractivity (Wildman–Crippen MR) is 133 cm³/mol. The van der Waals surface area contributed by atoms with Gasteiger partial charge in [0.25, 0.3) is 0 Å². The van der Waals surface area contributed by atoms with Gasteiger partial charge in [-0.1, -0.05) is 80.1 Å². The molecule has 2 amide bonds. The molecule has 0 radical (unpaired) electrons. The number of carbonyl (C=O) groups is 4. The van der Waals surface area contributed by atoms with Crippen LogP contribution in [0.4, 0.5) is 5.69 Å². The van der Waals surface area contributed by atoms with Crippen molar-refractivity contribution < 1.29 is 23.9 Å². The van der Waals surface area contributed by atoms with Gasteiger partial charge in [0.2, 0.25) is 29.0 Å². The van der Waals surface area contributed by atoms with E-state index in [1.165, 1.54) is 0 Å². The van der Waals surface area contributed by atoms with Gasteiger partial charge in [-0.2, -0.15) is 0 Å². The summed E-state index contributed by atoms with van der Waals surface area (Å²) in [6, 6.07) is 21.2. The van der Waals surface area contributed by atoms with Crippen LogP contribution in [0.2, 0.25) is 0 Å². The fraction of sp³-hybridized carbons (Fsp3) is 0.267. The molecule has 3 aliphatic rings. The standard InChI is InChI=1S/C30H25NO5/c1-16(2)18-12-14-20(15-13-18)31-28(34)23-24(29(31)35)30(36-25(23)19-10-8-17(3)9-11-19)26(32)21-6-4-5-7-22(21)27(30)33/h4-16,23-25H,1-3H3/t23-,24+,25-/m1/s1. The van der Waals surface area contributed by atoms with Crippen molar-refractivity contribution in [1.82, 2.24) is 0 Å². The molecule has 0 saturated carbocycles. The average Bonchev–Trinajstić information content (AvgIpc) is 3.44. The number of nitrogens with zero attached hydrogens (tertiary/aromatic N) is 1. The average molecular weight is 480 g/mol. The Morgan fingerprint density at radius 2 is 1.36 bits per heavy atom. The van der Waals surface area contributed by atoms with Crippen molar-refractivity contribution in [2.45, 2.75) is 38.4 Å². The molecule has 2 fully saturated rings. The topological polar surface area (TPSA) is 80.8 Å². The minimum absolute atomic E-state index is 0.228. The molecule has 6 nitrogen and oxygen atoms in total. The molecule has 180 valence electrons. The van der Waals surface area contributed by atoms with Crippen LogP contribution in [0.1, 0.15) is 63.3 Å². The van der Waals surface area contributed by atoms with Crippen molar-refractivity contribution in [2.75, 3.05) is 4.90 Å². The second kappa shape index (κ2) is 7.80. The van der Waals surface area contributed by atoms with Crippen LogP contribution in [-0.2, 0) is 14.3 Å². The highest BCUT2D eigenvalue weighted by Crippen LogP contribution is 2.57. The van der Waals surface area contributed by atoms with Crippen molar-refractivity contribution in [3.63, 3.8) is 0 Å². The van der Waals surface area contributed by atoms with E-state index in [0.717, 1.165) is 16.0 Å². The summed E-state index contributed by atoms with van der Waals surface area (Å²) < 4.78 is 6.32. The number of hydrogen-bond acceptors (Lipinski definition) is 5. The summed E-state index contributed by atoms with van der Waals surface area (Å²) in [4.78, 5) is 56.6. The molecule has 6 rings (SSSR count). The first kappa shape index (κ1) is 22.6. The molecule has 36 heavy (non-hydrogen) atoms. The van der Waals surface area contributed by atoms with Crippen molar-refractivity contribution in [3.8, 4) is 0 Å². The quantitative estimate of drug-likeness (QED) is 0.398. The first-order valence-electron chi connectivity index (χ1n) is 12.2. The number of fused-ring (bicyclic) bond motifs is 3. The van der Waals surface area contributed by atoms with Gasteiger partial charge in [-0.25, -0.2) is 4.90 Å². The van der Waals surface area contributed by atoms with Gasteiger partial charge < -0.3 is 4.74 Å². The number of anilines is 1. The third-order valence-corrected chi connectivity index (χ3v) is 7.74. The van der Waals surface area contributed by atoms with Gasteiger partial charge in [0.1, 0.15) is 0 Å². The highest BCUT2D eigenvalue weighted by atomic mass is 16.5. The van der Waals surface area contributed by atoms with Crippen LogP contribution in [0.5, 0.6) is 0 Å². The third-order valence-electron chi connectivity index (χ3n) is 7.74. The van der Waals surface area contributed by atoms with E-state index < -0.39 is 46.9 Å². The summed E-state index contributed by atoms with van der Waals surface area (Å²) in [5.41, 5.74) is 1.58. The van der Waals surface area contributed by atoms with E-state index in [1.54, 1.807) is 36.4 Å². The Hall–Kier alpha value is -3.90. The van der Waals surface area contributed by atoms with Gasteiger partial charge in [-0.05, 0) is 36.1 Å². The predicted octanol–water partition coefficient (Wildman–Crippen LogP) is 4.81. The number of ketones is 2. The molecule has 2 aliphatic heterocycles. The zero-order valence-electron chi connectivity index (χ0n) is 20.2. The number of Topliss-reactive ketones (excluding diaryl/α,β-unsaturated/α-hetero) is 2. The van der Waals surface area contributed by atoms with E-state index >= 15 is 0 Å². The summed E-state index contributed by atoms with van der Waals surface area (Å²) in [7, 11) is 0. The Labute approximate surface area is 208 Å². The molecular formula is C30H25NO5. The number of ether oxygens (including phenoxy) is 1. The number of rotatable bonds is 3. The monoisotopic (exact) mass is 479 g/mol. The van der Waals surface area contributed by atoms with Gasteiger partial charge in [-0.15, -0.1) is 0 Å². The number of carbonyl (C=O) groups excluding carboxylic acids is 4. The van der Waals surface area contributed by atoms with Crippen LogP contribution in [0, 0.1) is 18.8 Å². The summed E-state index contributed by atoms with van der Waals surface area (Å²) >= 11 is 0. The molecule has 3 atom stereocenters. The zero-order chi connectivity index (χ0) is 25.4. The minimum atomic E-state index is -2.05. The fourth-order valence-corrected chi connectivity index (χ4v) is 5.84. The Morgan fingerprint density at radius 3 is 1.92 bits per heavy atom. The smallest absolute Gasteiger partial charge is 0.241 e. The third kappa shape index (κ3) is 2.88. The molecule has 2 heterocycles. The number of imide groups is 1. The van der Waals surface area contributed by atoms with Crippen LogP contribution < -0.4 is 4.90 Å². The number of hydrogen-bond donors (Lipinski definition) is 0. The molecular weight excluding hydrogens is 454 g/mol. The van der Waals surface area contributed by atoms with Gasteiger partial charge in [0.05, 0.1) is 23.6 Å². The van der Waals surface area contributed by atoms with Crippen LogP contribution in [0.15, 0.2) is 72.8 Å². The largest absolute Gasteiger partial charge is 0.349 e. The van der Waals surface area contributed by atoms with Gasteiger partial charge >= 0.3 is 0 Å². The molecule has 2 saturated heterocycles. The second-order valence-electron chi connectivity index (χ2n) is 10.2. The van der Waals surface area contributed by atoms with E-state index in [9.17, 15) is 19.2 Å². The first-order valence-corrected chi connectivity index (χ1v) is 12.2. The maximum atomic E-state index is 14.0. The maximum Gasteiger partial charge on any atom is 0.241 e. The summed E-state index contributed by atoms with van der Waals surface area (Å²) in [5.74, 6) is -4.08. The number of aryl methyl sites for hydroxylation is 1. The summed E-state index contributed by atoms with van der Waals surface area (Å²) in [6.07, 6.45) is -0.908. The molecule has 0 aromatic heterocycles. The lowest BCUT2D eigenvalue weighted by Gasteiger charge is -2.27. The van der Waals surface area contributed by atoms with Crippen molar-refractivity contribution in [3.05, 3.63) is 101 Å². The normalized spacial score (nSPS) is 24.2. The molecule has 3 aromatic rings. The van der Waals surface area contributed by atoms with Crippen LogP contribution in [0.3, 0.4) is 0 Å². The molecule has 1 aliphatic carbocycles. The molecule has 1 spiro atoms. The summed E-state index contributed by atoms with van der Waals surface area (Å²) in [6.45, 7) is 6.07. The molecule has 3 aromatic carbocycles. The fourth-order valence-electron chi connectivity index (χ4n) is 5.84. The lowest BCUT2D eigenvalue weighted by molar-refractivity contribution is -0.127. The highest BCUT2D eigenvalue weighted by molar-refractivity contribution is 6.37. The lowest BCUT2D eigenvalue weighted by atomic mass is 9.77. The molecule has 6 heteroatoms. The van der Waals surface area contributed by atoms with Crippen molar-refractivity contribution >= 4 is 29.1 Å². The Bertz CT molecular complexity index is 1400. The van der Waals surface area contributed by atoms with Crippen LogP contribution in [0.25, 0.3) is 0 Å². The van der Waals surface area contributed by atoms with Crippen LogP contribution >= 0.6 is 0 Å². The van der Waals surface area contributed by atoms with E-state index in [2.05, 4.69) is 13.8 Å². The van der Waals surface area contributed by atoms with E-state index in [1.807, 2.05) is 43.3 Å². The van der Waals surface area contributed by atoms with Crippen molar-refractivity contribution in [2.24, 2.45) is 11.8 Å². The minimum Gasteiger partial charge on any atom is -0.349 e. The van der Waals surface area contributed by atoms with Gasteiger partial charge in [0, 0.05) is 11.1 Å². The Morgan fingerprint density at radius 1 is 0.778 bits per heavy atom. The number of benzene rings is 3. The SMILES string of the molecule is Cc1ccc([C@H]2OC3(C(=O)c4ccccc4C3=O)[C@@H]3C(=O)N(c4ccc(C(C)C)cc4)C(=O)[C@@H]23)cc1. The zero-order valence-corrected chi connectivity index (χ0v) is 20.2. The Kier molecular flexibility index (Phi) is 4.89. The van der Waals surface area contributed by atoms with E-state index in [4.69, 9.17) is 4.74 Å². The van der Waals surface area contributed by atoms with Crippen LogP contribution in [-0.4, -0.2) is 29.0 Å². The molecule has 0 bridgehead atoms. The van der Waals surface area contributed by atoms with E-state index in [0.29, 0.717) is 17.2 Å². The maximum absolute atomic E-state index is 14.0. The first-order chi connectivity index (χ1) is 17.3. The van der Waals surface area contributed by atoms with Gasteiger partial charge in [0.15, 0.2) is 0 Å². The van der Waals surface area contributed by atoms with Gasteiger partial charge in [-0.3, -0.25) is 19.2 Å². The lowest BCUT2D eigenvalue weighted by Crippen LogP contribution is -2.51. The second-order valence-corrected chi connectivity index (χ2v) is 10.2. The number of amides is 2. The molecule has 0 unspecified atom stereocenters. The highest BCUT2D eigenvalue weighted by Gasteiger charge is 2.74. The van der Waals surface area contributed by atoms with E-state index in [-0.39, 0.29) is 11.1 Å².